The number of rotatable bonds is 5. The summed E-state index contributed by atoms with van der Waals surface area (Å²) in [5.41, 5.74) is 0.433. The molecular formula is C12H14FNO4. The first-order chi connectivity index (χ1) is 8.40. The van der Waals surface area contributed by atoms with Gasteiger partial charge in [0.15, 0.2) is 6.04 Å². The Bertz CT molecular complexity index is 447. The third kappa shape index (κ3) is 4.14. The summed E-state index contributed by atoms with van der Waals surface area (Å²) in [5.74, 6) is -2.38. The molecule has 1 rings (SSSR count). The van der Waals surface area contributed by atoms with E-state index in [-0.39, 0.29) is 6.42 Å². The summed E-state index contributed by atoms with van der Waals surface area (Å²) in [6, 6.07) is 4.09. The molecule has 0 saturated heterocycles. The van der Waals surface area contributed by atoms with Crippen molar-refractivity contribution in [3.8, 4) is 0 Å². The zero-order valence-corrected chi connectivity index (χ0v) is 9.76. The van der Waals surface area contributed by atoms with Gasteiger partial charge in [-0.3, -0.25) is 4.79 Å². The van der Waals surface area contributed by atoms with Gasteiger partial charge < -0.3 is 15.5 Å². The summed E-state index contributed by atoms with van der Waals surface area (Å²) >= 11 is 0. The Morgan fingerprint density at radius 2 is 2.11 bits per heavy atom. The molecule has 0 heterocycles. The predicted octanol–water partition coefficient (Wildman–Crippen LogP) is 0.318. The van der Waals surface area contributed by atoms with Gasteiger partial charge >= 0.3 is 5.97 Å². The fourth-order valence-corrected chi connectivity index (χ4v) is 1.45. The molecule has 5 nitrogen and oxygen atoms in total. The van der Waals surface area contributed by atoms with Crippen LogP contribution in [0.2, 0.25) is 0 Å². The normalized spacial score (nSPS) is 13.7. The van der Waals surface area contributed by atoms with Gasteiger partial charge in [-0.2, -0.15) is 0 Å². The Hall–Kier alpha value is -1.95. The van der Waals surface area contributed by atoms with Crippen LogP contribution in [0.25, 0.3) is 0 Å². The molecule has 0 aromatic heterocycles. The van der Waals surface area contributed by atoms with E-state index in [2.05, 4.69) is 5.32 Å². The highest BCUT2D eigenvalue weighted by Gasteiger charge is 2.24. The maximum atomic E-state index is 12.9. The van der Waals surface area contributed by atoms with Gasteiger partial charge in [-0.25, -0.2) is 9.18 Å². The van der Waals surface area contributed by atoms with Gasteiger partial charge in [0.2, 0.25) is 5.91 Å². The van der Waals surface area contributed by atoms with Crippen LogP contribution in [0.3, 0.4) is 0 Å². The second-order valence-corrected chi connectivity index (χ2v) is 3.93. The van der Waals surface area contributed by atoms with Gasteiger partial charge in [0, 0.05) is 0 Å². The van der Waals surface area contributed by atoms with Gasteiger partial charge in [0.05, 0.1) is 12.5 Å². The van der Waals surface area contributed by atoms with Gasteiger partial charge in [-0.1, -0.05) is 12.1 Å². The molecule has 0 bridgehead atoms. The fraction of sp³-hybridized carbons (Fsp3) is 0.333. The van der Waals surface area contributed by atoms with Crippen LogP contribution in [0.4, 0.5) is 4.39 Å². The predicted molar refractivity (Wildman–Crippen MR) is 61.4 cm³/mol. The van der Waals surface area contributed by atoms with E-state index in [0.29, 0.717) is 5.56 Å². The molecule has 98 valence electrons. The van der Waals surface area contributed by atoms with E-state index in [1.54, 1.807) is 6.07 Å². The van der Waals surface area contributed by atoms with Crippen LogP contribution < -0.4 is 5.32 Å². The molecule has 0 spiro atoms. The smallest absolute Gasteiger partial charge is 0.328 e. The summed E-state index contributed by atoms with van der Waals surface area (Å²) in [4.78, 5) is 22.3. The number of nitrogens with one attached hydrogen (secondary N) is 1. The van der Waals surface area contributed by atoms with Crippen molar-refractivity contribution < 1.29 is 24.2 Å². The SMILES string of the molecule is CC(O)C(NC(=O)Cc1cccc(F)c1)C(=O)O. The molecule has 2 unspecified atom stereocenters. The van der Waals surface area contributed by atoms with E-state index in [4.69, 9.17) is 5.11 Å². The topological polar surface area (TPSA) is 86.6 Å². The molecule has 1 amide bonds. The largest absolute Gasteiger partial charge is 0.480 e. The van der Waals surface area contributed by atoms with Crippen molar-refractivity contribution in [1.29, 1.82) is 0 Å². The molecule has 1 aromatic carbocycles. The molecule has 0 aliphatic rings. The summed E-state index contributed by atoms with van der Waals surface area (Å²) in [6.45, 7) is 1.27. The van der Waals surface area contributed by atoms with Crippen LogP contribution in [0.15, 0.2) is 24.3 Å². The van der Waals surface area contributed by atoms with E-state index >= 15 is 0 Å². The van der Waals surface area contributed by atoms with E-state index < -0.39 is 29.8 Å². The Labute approximate surface area is 103 Å². The van der Waals surface area contributed by atoms with Crippen molar-refractivity contribution in [1.82, 2.24) is 5.32 Å². The van der Waals surface area contributed by atoms with E-state index in [1.165, 1.54) is 25.1 Å². The summed E-state index contributed by atoms with van der Waals surface area (Å²) in [5, 5.41) is 20.1. The zero-order chi connectivity index (χ0) is 13.7. The number of carboxylic acids is 1. The van der Waals surface area contributed by atoms with Crippen molar-refractivity contribution in [2.75, 3.05) is 0 Å². The first-order valence-electron chi connectivity index (χ1n) is 5.35. The highest BCUT2D eigenvalue weighted by Crippen LogP contribution is 2.04. The Kier molecular flexibility index (Phi) is 4.79. The summed E-state index contributed by atoms with van der Waals surface area (Å²) in [7, 11) is 0. The zero-order valence-electron chi connectivity index (χ0n) is 9.76. The molecule has 1 aromatic rings. The Balaban J connectivity index is 2.63. The third-order valence-electron chi connectivity index (χ3n) is 2.32. The molecule has 2 atom stereocenters. The van der Waals surface area contributed by atoms with Crippen molar-refractivity contribution in [3.63, 3.8) is 0 Å². The molecule has 18 heavy (non-hydrogen) atoms. The number of carbonyl (C=O) groups is 2. The number of halogens is 1. The Morgan fingerprint density at radius 1 is 1.44 bits per heavy atom. The average molecular weight is 255 g/mol. The monoisotopic (exact) mass is 255 g/mol. The van der Waals surface area contributed by atoms with Crippen LogP contribution in [-0.2, 0) is 16.0 Å². The lowest BCUT2D eigenvalue weighted by molar-refractivity contribution is -0.144. The number of aliphatic carboxylic acids is 1. The van der Waals surface area contributed by atoms with Gasteiger partial charge in [0.1, 0.15) is 5.82 Å². The summed E-state index contributed by atoms with van der Waals surface area (Å²) < 4.78 is 12.9. The number of benzene rings is 1. The standard InChI is InChI=1S/C12H14FNO4/c1-7(15)11(12(17)18)14-10(16)6-8-3-2-4-9(13)5-8/h2-5,7,11,15H,6H2,1H3,(H,14,16)(H,17,18). The fourth-order valence-electron chi connectivity index (χ4n) is 1.45. The van der Waals surface area contributed by atoms with Gasteiger partial charge in [-0.15, -0.1) is 0 Å². The quantitative estimate of drug-likeness (QED) is 0.707. The summed E-state index contributed by atoms with van der Waals surface area (Å²) in [6.07, 6.45) is -1.35. The van der Waals surface area contributed by atoms with Crippen LogP contribution >= 0.6 is 0 Å². The van der Waals surface area contributed by atoms with E-state index in [1.807, 2.05) is 0 Å². The van der Waals surface area contributed by atoms with E-state index in [9.17, 15) is 19.1 Å². The first-order valence-corrected chi connectivity index (χ1v) is 5.35. The van der Waals surface area contributed by atoms with Crippen LogP contribution in [0, 0.1) is 5.82 Å². The highest BCUT2D eigenvalue weighted by atomic mass is 19.1. The number of carboxylic acid groups (broad SMARTS) is 1. The number of hydrogen-bond donors (Lipinski definition) is 3. The number of hydrogen-bond acceptors (Lipinski definition) is 3. The second-order valence-electron chi connectivity index (χ2n) is 3.93. The highest BCUT2D eigenvalue weighted by molar-refractivity contribution is 5.85. The number of carbonyl (C=O) groups excluding carboxylic acids is 1. The average Bonchev–Trinajstić information content (AvgIpc) is 2.25. The third-order valence-corrected chi connectivity index (χ3v) is 2.32. The number of amides is 1. The van der Waals surface area contributed by atoms with Crippen molar-refractivity contribution in [2.45, 2.75) is 25.5 Å². The molecule has 0 radical (unpaired) electrons. The minimum absolute atomic E-state index is 0.145. The molecule has 0 saturated carbocycles. The molecule has 0 fully saturated rings. The van der Waals surface area contributed by atoms with Gasteiger partial charge in [0.25, 0.3) is 0 Å². The maximum Gasteiger partial charge on any atom is 0.328 e. The minimum Gasteiger partial charge on any atom is -0.480 e. The molecule has 6 heteroatoms. The molecule has 0 aliphatic carbocycles. The maximum absolute atomic E-state index is 12.9. The molecule has 3 N–H and O–H groups in total. The second kappa shape index (κ2) is 6.11. The lowest BCUT2D eigenvalue weighted by Gasteiger charge is -2.16. The number of aliphatic hydroxyl groups is 1. The lowest BCUT2D eigenvalue weighted by Crippen LogP contribution is -2.48. The first kappa shape index (κ1) is 14.1. The Morgan fingerprint density at radius 3 is 2.61 bits per heavy atom. The molecular weight excluding hydrogens is 241 g/mol. The number of aliphatic hydroxyl groups excluding tert-OH is 1. The minimum atomic E-state index is -1.37. The van der Waals surface area contributed by atoms with Crippen LogP contribution in [-0.4, -0.2) is 34.2 Å². The van der Waals surface area contributed by atoms with E-state index in [0.717, 1.165) is 0 Å². The van der Waals surface area contributed by atoms with Crippen LogP contribution in [0.1, 0.15) is 12.5 Å². The molecule has 0 aliphatic heterocycles. The lowest BCUT2D eigenvalue weighted by atomic mass is 10.1. The van der Waals surface area contributed by atoms with Crippen molar-refractivity contribution >= 4 is 11.9 Å². The van der Waals surface area contributed by atoms with Crippen LogP contribution in [0.5, 0.6) is 0 Å². The van der Waals surface area contributed by atoms with Crippen molar-refractivity contribution in [2.24, 2.45) is 0 Å². The van der Waals surface area contributed by atoms with Crippen molar-refractivity contribution in [3.05, 3.63) is 35.6 Å². The van der Waals surface area contributed by atoms with Gasteiger partial charge in [-0.05, 0) is 24.6 Å².